The molecule has 0 aromatic heterocycles. The van der Waals surface area contributed by atoms with Gasteiger partial charge in [0.15, 0.2) is 0 Å². The lowest BCUT2D eigenvalue weighted by Gasteiger charge is -2.38. The molecule has 0 spiro atoms. The molecule has 0 heterocycles. The summed E-state index contributed by atoms with van der Waals surface area (Å²) in [6.07, 6.45) is 4.21. The lowest BCUT2D eigenvalue weighted by molar-refractivity contribution is 0.0435. The topological polar surface area (TPSA) is 69.0 Å². The summed E-state index contributed by atoms with van der Waals surface area (Å²) >= 11 is 0. The fourth-order valence-electron chi connectivity index (χ4n) is 4.77. The standard InChI is InChI=1S/C21H23N3O/c22-24-23-19-11-5-10-18(21(19)25)20-16-8-3-1-6-14(16)12-13-15-7-2-4-9-17(15)20/h1-4,6-9,18-21,25H,5,10-13H2. The first-order chi connectivity index (χ1) is 12.3. The fourth-order valence-corrected chi connectivity index (χ4v) is 4.77. The van der Waals surface area contributed by atoms with Crippen LogP contribution in [0.3, 0.4) is 0 Å². The van der Waals surface area contributed by atoms with E-state index in [0.717, 1.165) is 32.1 Å². The lowest BCUT2D eigenvalue weighted by atomic mass is 9.70. The first-order valence-electron chi connectivity index (χ1n) is 9.17. The Morgan fingerprint density at radius 1 is 0.920 bits per heavy atom. The molecule has 3 atom stereocenters. The number of aliphatic hydroxyl groups is 1. The molecule has 3 unspecified atom stereocenters. The summed E-state index contributed by atoms with van der Waals surface area (Å²) in [5.74, 6) is 0.256. The van der Waals surface area contributed by atoms with E-state index >= 15 is 0 Å². The summed E-state index contributed by atoms with van der Waals surface area (Å²) in [5.41, 5.74) is 14.3. The Kier molecular flexibility index (Phi) is 4.48. The molecular weight excluding hydrogens is 310 g/mol. The molecule has 2 aromatic carbocycles. The number of nitrogens with zero attached hydrogens (tertiary/aromatic N) is 3. The van der Waals surface area contributed by atoms with Crippen LogP contribution in [-0.4, -0.2) is 17.3 Å². The molecule has 4 nitrogen and oxygen atoms in total. The summed E-state index contributed by atoms with van der Waals surface area (Å²) in [5, 5.41) is 14.9. The van der Waals surface area contributed by atoms with E-state index in [0.29, 0.717) is 0 Å². The Hall–Kier alpha value is -2.29. The molecular formula is C21H23N3O. The van der Waals surface area contributed by atoms with Gasteiger partial charge in [-0.05, 0) is 59.4 Å². The van der Waals surface area contributed by atoms with Crippen molar-refractivity contribution in [3.8, 4) is 0 Å². The highest BCUT2D eigenvalue weighted by Crippen LogP contribution is 2.45. The second-order valence-electron chi connectivity index (χ2n) is 7.23. The summed E-state index contributed by atoms with van der Waals surface area (Å²) in [6, 6.07) is 16.9. The van der Waals surface area contributed by atoms with E-state index in [4.69, 9.17) is 5.53 Å². The van der Waals surface area contributed by atoms with Crippen LogP contribution in [0.25, 0.3) is 10.4 Å². The summed E-state index contributed by atoms with van der Waals surface area (Å²) < 4.78 is 0. The Morgan fingerprint density at radius 3 is 2.12 bits per heavy atom. The van der Waals surface area contributed by atoms with Crippen LogP contribution >= 0.6 is 0 Å². The largest absolute Gasteiger partial charge is 0.392 e. The zero-order valence-corrected chi connectivity index (χ0v) is 14.3. The summed E-state index contributed by atoms with van der Waals surface area (Å²) in [6.45, 7) is 0. The highest BCUT2D eigenvalue weighted by molar-refractivity contribution is 5.45. The number of rotatable bonds is 2. The van der Waals surface area contributed by atoms with Crippen LogP contribution in [0, 0.1) is 5.92 Å². The monoisotopic (exact) mass is 333 g/mol. The van der Waals surface area contributed by atoms with Crippen molar-refractivity contribution in [2.24, 2.45) is 11.0 Å². The van der Waals surface area contributed by atoms with Gasteiger partial charge in [0.05, 0.1) is 12.1 Å². The van der Waals surface area contributed by atoms with E-state index in [-0.39, 0.29) is 17.9 Å². The average molecular weight is 333 g/mol. The van der Waals surface area contributed by atoms with Gasteiger partial charge in [0.1, 0.15) is 0 Å². The quantitative estimate of drug-likeness (QED) is 0.480. The van der Waals surface area contributed by atoms with Crippen molar-refractivity contribution >= 4 is 0 Å². The van der Waals surface area contributed by atoms with Gasteiger partial charge in [0, 0.05) is 10.8 Å². The molecule has 25 heavy (non-hydrogen) atoms. The van der Waals surface area contributed by atoms with Crippen molar-refractivity contribution in [1.29, 1.82) is 0 Å². The van der Waals surface area contributed by atoms with E-state index < -0.39 is 6.10 Å². The van der Waals surface area contributed by atoms with Gasteiger partial charge in [0.25, 0.3) is 0 Å². The highest BCUT2D eigenvalue weighted by Gasteiger charge is 2.39. The van der Waals surface area contributed by atoms with Crippen LogP contribution in [0.4, 0.5) is 0 Å². The van der Waals surface area contributed by atoms with Crippen LogP contribution in [0.15, 0.2) is 53.6 Å². The minimum atomic E-state index is -0.589. The first kappa shape index (κ1) is 16.2. The van der Waals surface area contributed by atoms with Gasteiger partial charge in [-0.1, -0.05) is 60.1 Å². The molecule has 0 saturated heterocycles. The summed E-state index contributed by atoms with van der Waals surface area (Å²) in [4.78, 5) is 2.96. The van der Waals surface area contributed by atoms with E-state index in [9.17, 15) is 5.11 Å². The van der Waals surface area contributed by atoms with Crippen molar-refractivity contribution in [2.75, 3.05) is 0 Å². The van der Waals surface area contributed by atoms with Gasteiger partial charge in [-0.2, -0.15) is 0 Å². The highest BCUT2D eigenvalue weighted by atomic mass is 16.3. The smallest absolute Gasteiger partial charge is 0.0662 e. The van der Waals surface area contributed by atoms with E-state index in [1.807, 2.05) is 0 Å². The number of hydrogen-bond acceptors (Lipinski definition) is 2. The van der Waals surface area contributed by atoms with Crippen LogP contribution in [0.5, 0.6) is 0 Å². The van der Waals surface area contributed by atoms with Gasteiger partial charge >= 0.3 is 0 Å². The Morgan fingerprint density at radius 2 is 1.52 bits per heavy atom. The van der Waals surface area contributed by atoms with Crippen LogP contribution in [0.1, 0.15) is 47.4 Å². The molecule has 0 bridgehead atoms. The molecule has 0 aliphatic heterocycles. The number of hydrogen-bond donors (Lipinski definition) is 1. The Bertz CT molecular complexity index is 765. The van der Waals surface area contributed by atoms with Crippen molar-refractivity contribution < 1.29 is 5.11 Å². The maximum atomic E-state index is 11.0. The Balaban J connectivity index is 1.83. The van der Waals surface area contributed by atoms with Crippen molar-refractivity contribution in [2.45, 2.75) is 50.2 Å². The molecule has 1 saturated carbocycles. The van der Waals surface area contributed by atoms with Gasteiger partial charge in [-0.25, -0.2) is 0 Å². The second-order valence-corrected chi connectivity index (χ2v) is 7.23. The predicted molar refractivity (Wildman–Crippen MR) is 98.4 cm³/mol. The minimum Gasteiger partial charge on any atom is -0.392 e. The summed E-state index contributed by atoms with van der Waals surface area (Å²) in [7, 11) is 0. The zero-order chi connectivity index (χ0) is 17.2. The molecule has 0 amide bonds. The molecule has 0 radical (unpaired) electrons. The predicted octanol–water partition coefficient (Wildman–Crippen LogP) is 4.76. The third-order valence-electron chi connectivity index (χ3n) is 5.94. The van der Waals surface area contributed by atoms with Crippen molar-refractivity contribution in [1.82, 2.24) is 0 Å². The Labute approximate surface area is 148 Å². The third kappa shape index (κ3) is 2.92. The van der Waals surface area contributed by atoms with Gasteiger partial charge in [-0.3, -0.25) is 0 Å². The van der Waals surface area contributed by atoms with Crippen molar-refractivity contribution in [3.05, 3.63) is 81.2 Å². The van der Waals surface area contributed by atoms with Gasteiger partial charge in [-0.15, -0.1) is 0 Å². The van der Waals surface area contributed by atoms with Crippen LogP contribution in [0.2, 0.25) is 0 Å². The second kappa shape index (κ2) is 6.91. The van der Waals surface area contributed by atoms with E-state index in [1.165, 1.54) is 22.3 Å². The van der Waals surface area contributed by atoms with Crippen molar-refractivity contribution in [3.63, 3.8) is 0 Å². The molecule has 2 aliphatic rings. The number of benzene rings is 2. The molecule has 1 N–H and O–H groups in total. The molecule has 1 fully saturated rings. The van der Waals surface area contributed by atoms with E-state index in [2.05, 4.69) is 58.6 Å². The van der Waals surface area contributed by atoms with Gasteiger partial charge in [0.2, 0.25) is 0 Å². The number of azide groups is 1. The maximum absolute atomic E-state index is 11.0. The molecule has 4 heteroatoms. The zero-order valence-electron chi connectivity index (χ0n) is 14.3. The molecule has 4 rings (SSSR count). The molecule has 2 aliphatic carbocycles. The SMILES string of the molecule is [N-]=[N+]=NC1CCCC(C2c3ccccc3CCc3ccccc32)C1O. The number of aryl methyl sites for hydroxylation is 2. The molecule has 128 valence electrons. The molecule has 2 aromatic rings. The number of fused-ring (bicyclic) bond motifs is 2. The average Bonchev–Trinajstić information content (AvgIpc) is 2.81. The maximum Gasteiger partial charge on any atom is 0.0662 e. The number of aliphatic hydroxyl groups excluding tert-OH is 1. The lowest BCUT2D eigenvalue weighted by Crippen LogP contribution is -2.39. The van der Waals surface area contributed by atoms with E-state index in [1.54, 1.807) is 0 Å². The van der Waals surface area contributed by atoms with Crippen LogP contribution in [-0.2, 0) is 12.8 Å². The minimum absolute atomic E-state index is 0.0876. The normalized spacial score (nSPS) is 26.0. The third-order valence-corrected chi connectivity index (χ3v) is 5.94. The van der Waals surface area contributed by atoms with Crippen LogP contribution < -0.4 is 0 Å². The first-order valence-corrected chi connectivity index (χ1v) is 9.17. The van der Waals surface area contributed by atoms with Gasteiger partial charge < -0.3 is 5.11 Å². The fraction of sp³-hybridized carbons (Fsp3) is 0.429.